The van der Waals surface area contributed by atoms with Gasteiger partial charge in [-0.1, -0.05) is 12.2 Å². The highest BCUT2D eigenvalue weighted by Gasteiger charge is 2.43. The van der Waals surface area contributed by atoms with Crippen LogP contribution in [-0.4, -0.2) is 58.2 Å². The molecule has 1 atom stereocenters. The normalized spacial score (nSPS) is 26.4. The maximum Gasteiger partial charge on any atom is 0.226 e. The number of amides is 1. The fourth-order valence-corrected chi connectivity index (χ4v) is 4.62. The van der Waals surface area contributed by atoms with E-state index in [1.807, 2.05) is 4.90 Å². The summed E-state index contributed by atoms with van der Waals surface area (Å²) in [7, 11) is 0. The lowest BCUT2D eigenvalue weighted by Crippen LogP contribution is -2.55. The van der Waals surface area contributed by atoms with Crippen molar-refractivity contribution in [1.82, 2.24) is 14.9 Å². The Morgan fingerprint density at radius 1 is 1.20 bits per heavy atom. The van der Waals surface area contributed by atoms with Crippen LogP contribution in [0.1, 0.15) is 32.1 Å². The van der Waals surface area contributed by atoms with Gasteiger partial charge in [-0.05, 0) is 37.5 Å². The number of nitrogens with zero attached hydrogens (tertiary/aromatic N) is 4. The van der Waals surface area contributed by atoms with Gasteiger partial charge in [0.15, 0.2) is 0 Å². The summed E-state index contributed by atoms with van der Waals surface area (Å²) < 4.78 is 0. The number of carbonyl (C=O) groups excluding carboxylic acids is 1. The Kier molecular flexibility index (Phi) is 4.46. The Morgan fingerprint density at radius 3 is 2.64 bits per heavy atom. The Bertz CT molecular complexity index is 632. The molecule has 1 spiro atoms. The third-order valence-electron chi connectivity index (χ3n) is 5.99. The van der Waals surface area contributed by atoms with Crippen molar-refractivity contribution in [3.8, 4) is 0 Å². The molecule has 25 heavy (non-hydrogen) atoms. The van der Waals surface area contributed by atoms with Crippen LogP contribution < -0.4 is 4.90 Å². The molecule has 1 aromatic heterocycles. The molecule has 1 unspecified atom stereocenters. The van der Waals surface area contributed by atoms with Crippen molar-refractivity contribution < 1.29 is 9.90 Å². The van der Waals surface area contributed by atoms with Crippen LogP contribution in [0, 0.1) is 11.3 Å². The van der Waals surface area contributed by atoms with Crippen molar-refractivity contribution >= 4 is 11.7 Å². The van der Waals surface area contributed by atoms with Gasteiger partial charge in [-0.15, -0.1) is 0 Å². The van der Waals surface area contributed by atoms with Gasteiger partial charge in [0, 0.05) is 44.5 Å². The molecule has 6 heteroatoms. The van der Waals surface area contributed by atoms with E-state index in [-0.39, 0.29) is 17.4 Å². The fourth-order valence-electron chi connectivity index (χ4n) is 4.62. The number of piperidine rings is 2. The Morgan fingerprint density at radius 2 is 1.96 bits per heavy atom. The Balaban J connectivity index is 1.41. The standard InChI is InChI=1S/C19H26N4O2/c24-16-11-19(14-23(13-16)17-12-20-7-8-21-17)5-9-22(10-6-19)18(25)15-3-1-2-4-15/h1-2,7-8,12,15-16,24H,3-6,9-11,13-14H2. The summed E-state index contributed by atoms with van der Waals surface area (Å²) in [6, 6.07) is 0. The molecular weight excluding hydrogens is 316 g/mol. The summed E-state index contributed by atoms with van der Waals surface area (Å²) >= 11 is 0. The summed E-state index contributed by atoms with van der Waals surface area (Å²) in [5.41, 5.74) is 0.0693. The first kappa shape index (κ1) is 16.5. The zero-order valence-corrected chi connectivity index (χ0v) is 14.5. The molecule has 2 aliphatic heterocycles. The van der Waals surface area contributed by atoms with Crippen molar-refractivity contribution in [3.05, 3.63) is 30.7 Å². The third-order valence-corrected chi connectivity index (χ3v) is 5.99. The minimum Gasteiger partial charge on any atom is -0.391 e. The highest BCUT2D eigenvalue weighted by Crippen LogP contribution is 2.41. The molecule has 2 saturated heterocycles. The maximum atomic E-state index is 12.6. The minimum atomic E-state index is -0.350. The predicted octanol–water partition coefficient (Wildman–Crippen LogP) is 1.62. The number of aromatic nitrogens is 2. The van der Waals surface area contributed by atoms with Crippen molar-refractivity contribution in [1.29, 1.82) is 0 Å². The number of aliphatic hydroxyl groups is 1. The highest BCUT2D eigenvalue weighted by atomic mass is 16.3. The van der Waals surface area contributed by atoms with Gasteiger partial charge in [0.1, 0.15) is 5.82 Å². The summed E-state index contributed by atoms with van der Waals surface area (Å²) in [5.74, 6) is 1.29. The van der Waals surface area contributed by atoms with Gasteiger partial charge >= 0.3 is 0 Å². The first-order valence-electron chi connectivity index (χ1n) is 9.28. The molecule has 1 N–H and O–H groups in total. The first-order valence-corrected chi connectivity index (χ1v) is 9.28. The molecule has 0 bridgehead atoms. The third kappa shape index (κ3) is 3.40. The van der Waals surface area contributed by atoms with Crippen molar-refractivity contribution in [2.45, 2.75) is 38.2 Å². The number of hydrogen-bond donors (Lipinski definition) is 1. The minimum absolute atomic E-state index is 0.0693. The number of likely N-dealkylation sites (tertiary alicyclic amines) is 1. The van der Waals surface area contributed by atoms with Crippen LogP contribution in [0.15, 0.2) is 30.7 Å². The van der Waals surface area contributed by atoms with Gasteiger partial charge in [0.2, 0.25) is 5.91 Å². The monoisotopic (exact) mass is 342 g/mol. The molecule has 1 amide bonds. The van der Waals surface area contributed by atoms with Crippen LogP contribution in [-0.2, 0) is 4.79 Å². The van der Waals surface area contributed by atoms with Gasteiger partial charge in [0.25, 0.3) is 0 Å². The molecule has 2 fully saturated rings. The highest BCUT2D eigenvalue weighted by molar-refractivity contribution is 5.79. The van der Waals surface area contributed by atoms with Gasteiger partial charge < -0.3 is 14.9 Å². The molecule has 3 heterocycles. The Hall–Kier alpha value is -1.95. The smallest absolute Gasteiger partial charge is 0.226 e. The molecule has 4 rings (SSSR count). The van der Waals surface area contributed by atoms with Gasteiger partial charge in [0.05, 0.1) is 12.3 Å². The number of anilines is 1. The quantitative estimate of drug-likeness (QED) is 0.827. The molecule has 0 saturated carbocycles. The summed E-state index contributed by atoms with van der Waals surface area (Å²) in [6.45, 7) is 3.10. The second kappa shape index (κ2) is 6.75. The molecule has 3 aliphatic rings. The van der Waals surface area contributed by atoms with Crippen molar-refractivity contribution in [2.75, 3.05) is 31.1 Å². The number of carbonyl (C=O) groups is 1. The van der Waals surface area contributed by atoms with Crippen LogP contribution in [0.3, 0.4) is 0 Å². The Labute approximate surface area is 148 Å². The SMILES string of the molecule is O=C(C1CC=CC1)N1CCC2(CC1)CC(O)CN(c1cnccn1)C2. The van der Waals surface area contributed by atoms with Crippen molar-refractivity contribution in [3.63, 3.8) is 0 Å². The van der Waals surface area contributed by atoms with E-state index in [1.165, 1.54) is 0 Å². The van der Waals surface area contributed by atoms with E-state index in [9.17, 15) is 9.90 Å². The van der Waals surface area contributed by atoms with Gasteiger partial charge in [-0.25, -0.2) is 4.98 Å². The lowest BCUT2D eigenvalue weighted by atomic mass is 9.71. The van der Waals surface area contributed by atoms with Crippen LogP contribution >= 0.6 is 0 Å². The zero-order chi connectivity index (χ0) is 17.3. The molecule has 1 aliphatic carbocycles. The van der Waals surface area contributed by atoms with Crippen molar-refractivity contribution in [2.24, 2.45) is 11.3 Å². The van der Waals surface area contributed by atoms with Crippen LogP contribution in [0.2, 0.25) is 0 Å². The van der Waals surface area contributed by atoms with E-state index < -0.39 is 0 Å². The second-order valence-corrected chi connectivity index (χ2v) is 7.77. The van der Waals surface area contributed by atoms with E-state index in [2.05, 4.69) is 27.0 Å². The topological polar surface area (TPSA) is 69.6 Å². The average molecular weight is 342 g/mol. The maximum absolute atomic E-state index is 12.6. The number of hydrogen-bond acceptors (Lipinski definition) is 5. The molecule has 0 radical (unpaired) electrons. The average Bonchev–Trinajstić information content (AvgIpc) is 3.17. The second-order valence-electron chi connectivity index (χ2n) is 7.77. The lowest BCUT2D eigenvalue weighted by Gasteiger charge is -2.49. The summed E-state index contributed by atoms with van der Waals surface area (Å²) in [6.07, 6.45) is 13.5. The first-order chi connectivity index (χ1) is 12.2. The number of aliphatic hydroxyl groups excluding tert-OH is 1. The van der Waals surface area contributed by atoms with Gasteiger partial charge in [-0.3, -0.25) is 9.78 Å². The number of β-amino-alcohol motifs (C(OH)–C–C–N with tert-alkyl or cyclic N) is 1. The summed E-state index contributed by atoms with van der Waals surface area (Å²) in [4.78, 5) is 25.4. The van der Waals surface area contributed by atoms with E-state index in [4.69, 9.17) is 0 Å². The fraction of sp³-hybridized carbons (Fsp3) is 0.632. The van der Waals surface area contributed by atoms with E-state index in [0.717, 1.165) is 57.6 Å². The van der Waals surface area contributed by atoms with Crippen LogP contribution in [0.25, 0.3) is 0 Å². The largest absolute Gasteiger partial charge is 0.391 e. The molecule has 6 nitrogen and oxygen atoms in total. The molecule has 0 aromatic carbocycles. The summed E-state index contributed by atoms with van der Waals surface area (Å²) in [5, 5.41) is 10.4. The molecular formula is C19H26N4O2. The van der Waals surface area contributed by atoms with Crippen LogP contribution in [0.5, 0.6) is 0 Å². The van der Waals surface area contributed by atoms with Gasteiger partial charge in [-0.2, -0.15) is 0 Å². The molecule has 1 aromatic rings. The van der Waals surface area contributed by atoms with E-state index in [0.29, 0.717) is 12.5 Å². The lowest BCUT2D eigenvalue weighted by molar-refractivity contribution is -0.138. The van der Waals surface area contributed by atoms with E-state index >= 15 is 0 Å². The molecule has 134 valence electrons. The van der Waals surface area contributed by atoms with E-state index in [1.54, 1.807) is 18.6 Å². The zero-order valence-electron chi connectivity index (χ0n) is 14.5. The number of rotatable bonds is 2. The predicted molar refractivity (Wildman–Crippen MR) is 95.0 cm³/mol. The number of allylic oxidation sites excluding steroid dienone is 2. The van der Waals surface area contributed by atoms with Crippen LogP contribution in [0.4, 0.5) is 5.82 Å².